The van der Waals surface area contributed by atoms with Gasteiger partial charge in [0, 0.05) is 12.8 Å². The van der Waals surface area contributed by atoms with Gasteiger partial charge in [0.15, 0.2) is 0 Å². The minimum absolute atomic E-state index is 0.0956. The molecule has 0 bridgehead atoms. The molecule has 1 saturated heterocycles. The monoisotopic (exact) mass is 197 g/mol. The predicted octanol–water partition coefficient (Wildman–Crippen LogP) is 2.01. The van der Waals surface area contributed by atoms with Gasteiger partial charge in [0.2, 0.25) is 11.8 Å². The number of imide groups is 1. The number of rotatable bonds is 5. The molecule has 3 nitrogen and oxygen atoms in total. The molecule has 0 unspecified atom stereocenters. The molecule has 80 valence electrons. The Hall–Kier alpha value is -0.860. The highest BCUT2D eigenvalue weighted by molar-refractivity contribution is 5.97. The molecule has 2 amide bonds. The molecule has 0 aliphatic carbocycles. The largest absolute Gasteiger partial charge is 0.296 e. The Morgan fingerprint density at radius 3 is 2.36 bits per heavy atom. The van der Waals surface area contributed by atoms with Gasteiger partial charge in [-0.2, -0.15) is 0 Å². The van der Waals surface area contributed by atoms with Crippen LogP contribution in [0.2, 0.25) is 0 Å². The lowest BCUT2D eigenvalue weighted by Gasteiger charge is -2.20. The normalized spacial score (nSPS) is 18.4. The lowest BCUT2D eigenvalue weighted by atomic mass is 9.91. The van der Waals surface area contributed by atoms with Crippen LogP contribution >= 0.6 is 0 Å². The highest BCUT2D eigenvalue weighted by atomic mass is 16.2. The van der Waals surface area contributed by atoms with E-state index in [9.17, 15) is 9.59 Å². The first kappa shape index (κ1) is 11.2. The first-order valence-electron chi connectivity index (χ1n) is 5.55. The number of carbonyl (C=O) groups excluding carboxylic acids is 2. The fraction of sp³-hybridized carbons (Fsp3) is 0.818. The molecular formula is C11H19NO2. The molecule has 0 spiro atoms. The first-order chi connectivity index (χ1) is 6.72. The molecular weight excluding hydrogens is 178 g/mol. The summed E-state index contributed by atoms with van der Waals surface area (Å²) in [5.41, 5.74) is 0. The molecule has 0 atom stereocenters. The van der Waals surface area contributed by atoms with Crippen LogP contribution in [0.3, 0.4) is 0 Å². The summed E-state index contributed by atoms with van der Waals surface area (Å²) in [5, 5.41) is 2.33. The maximum absolute atomic E-state index is 11.0. The molecule has 1 aliphatic rings. The van der Waals surface area contributed by atoms with E-state index < -0.39 is 0 Å². The maximum atomic E-state index is 11.0. The maximum Gasteiger partial charge on any atom is 0.226 e. The molecule has 3 heteroatoms. The Morgan fingerprint density at radius 2 is 1.79 bits per heavy atom. The Balaban J connectivity index is 2.17. The van der Waals surface area contributed by atoms with E-state index in [0.717, 1.165) is 12.8 Å². The third kappa shape index (κ3) is 3.90. The molecule has 0 saturated carbocycles. The summed E-state index contributed by atoms with van der Waals surface area (Å²) in [7, 11) is 0. The Bertz CT molecular complexity index is 197. The van der Waals surface area contributed by atoms with Gasteiger partial charge in [0.05, 0.1) is 0 Å². The lowest BCUT2D eigenvalue weighted by Crippen LogP contribution is -2.38. The average molecular weight is 197 g/mol. The summed E-state index contributed by atoms with van der Waals surface area (Å²) in [6.45, 7) is 2.18. The minimum Gasteiger partial charge on any atom is -0.296 e. The van der Waals surface area contributed by atoms with Crippen molar-refractivity contribution in [3.8, 4) is 0 Å². The van der Waals surface area contributed by atoms with Gasteiger partial charge in [0.1, 0.15) is 0 Å². The molecule has 0 radical (unpaired) electrons. The van der Waals surface area contributed by atoms with Crippen LogP contribution in [-0.2, 0) is 9.59 Å². The van der Waals surface area contributed by atoms with Crippen molar-refractivity contribution in [2.75, 3.05) is 0 Å². The van der Waals surface area contributed by atoms with Gasteiger partial charge in [0.25, 0.3) is 0 Å². The van der Waals surface area contributed by atoms with E-state index in [1.807, 2.05) is 0 Å². The molecule has 0 aromatic rings. The molecule has 1 heterocycles. The van der Waals surface area contributed by atoms with Crippen LogP contribution in [0, 0.1) is 5.92 Å². The number of unbranched alkanes of at least 4 members (excludes halogenated alkanes) is 3. The summed E-state index contributed by atoms with van der Waals surface area (Å²) < 4.78 is 0. The van der Waals surface area contributed by atoms with Gasteiger partial charge >= 0.3 is 0 Å². The number of carbonyl (C=O) groups is 2. The van der Waals surface area contributed by atoms with E-state index in [1.165, 1.54) is 19.3 Å². The molecule has 1 aliphatic heterocycles. The van der Waals surface area contributed by atoms with Gasteiger partial charge in [-0.1, -0.05) is 32.6 Å². The second-order valence-corrected chi connectivity index (χ2v) is 4.09. The number of piperidine rings is 1. The topological polar surface area (TPSA) is 46.2 Å². The van der Waals surface area contributed by atoms with Crippen LogP contribution < -0.4 is 5.32 Å². The van der Waals surface area contributed by atoms with Crippen molar-refractivity contribution in [2.24, 2.45) is 5.92 Å². The van der Waals surface area contributed by atoms with Gasteiger partial charge in [-0.3, -0.25) is 14.9 Å². The number of hydrogen-bond acceptors (Lipinski definition) is 2. The lowest BCUT2D eigenvalue weighted by molar-refractivity contribution is -0.134. The van der Waals surface area contributed by atoms with Crippen LogP contribution in [0.25, 0.3) is 0 Å². The minimum atomic E-state index is -0.0956. The first-order valence-corrected chi connectivity index (χ1v) is 5.55. The van der Waals surface area contributed by atoms with Gasteiger partial charge < -0.3 is 0 Å². The highest BCUT2D eigenvalue weighted by Crippen LogP contribution is 2.20. The highest BCUT2D eigenvalue weighted by Gasteiger charge is 2.23. The van der Waals surface area contributed by atoms with Crippen molar-refractivity contribution in [1.82, 2.24) is 5.32 Å². The van der Waals surface area contributed by atoms with Crippen LogP contribution in [0.15, 0.2) is 0 Å². The standard InChI is InChI=1S/C11H19NO2/c1-2-3-4-5-6-9-7-10(13)12-11(14)8-9/h9H,2-8H2,1H3,(H,12,13,14). The number of amides is 2. The zero-order valence-corrected chi connectivity index (χ0v) is 8.84. The molecule has 14 heavy (non-hydrogen) atoms. The molecule has 1 rings (SSSR count). The fourth-order valence-electron chi connectivity index (χ4n) is 1.92. The summed E-state index contributed by atoms with van der Waals surface area (Å²) in [5.74, 6) is 0.108. The van der Waals surface area contributed by atoms with Crippen molar-refractivity contribution >= 4 is 11.8 Å². The van der Waals surface area contributed by atoms with E-state index in [4.69, 9.17) is 0 Å². The van der Waals surface area contributed by atoms with Crippen LogP contribution in [0.5, 0.6) is 0 Å². The van der Waals surface area contributed by atoms with Gasteiger partial charge in [-0.15, -0.1) is 0 Å². The quantitative estimate of drug-likeness (QED) is 0.541. The smallest absolute Gasteiger partial charge is 0.226 e. The van der Waals surface area contributed by atoms with E-state index in [-0.39, 0.29) is 11.8 Å². The van der Waals surface area contributed by atoms with E-state index in [2.05, 4.69) is 12.2 Å². The van der Waals surface area contributed by atoms with Crippen LogP contribution in [-0.4, -0.2) is 11.8 Å². The zero-order chi connectivity index (χ0) is 10.4. The number of nitrogens with one attached hydrogen (secondary N) is 1. The summed E-state index contributed by atoms with van der Waals surface area (Å²) in [6, 6.07) is 0. The second-order valence-electron chi connectivity index (χ2n) is 4.09. The van der Waals surface area contributed by atoms with Crippen molar-refractivity contribution in [2.45, 2.75) is 51.9 Å². The third-order valence-electron chi connectivity index (χ3n) is 2.69. The fourth-order valence-corrected chi connectivity index (χ4v) is 1.92. The number of hydrogen-bond donors (Lipinski definition) is 1. The Kier molecular flexibility index (Phi) is 4.63. The Labute approximate surface area is 85.3 Å². The molecule has 1 N–H and O–H groups in total. The second kappa shape index (κ2) is 5.78. The average Bonchev–Trinajstić information content (AvgIpc) is 2.11. The predicted molar refractivity (Wildman–Crippen MR) is 54.6 cm³/mol. The van der Waals surface area contributed by atoms with Gasteiger partial charge in [-0.05, 0) is 12.3 Å². The van der Waals surface area contributed by atoms with E-state index >= 15 is 0 Å². The summed E-state index contributed by atoms with van der Waals surface area (Å²) in [6.07, 6.45) is 6.97. The van der Waals surface area contributed by atoms with Crippen molar-refractivity contribution in [3.63, 3.8) is 0 Å². The third-order valence-corrected chi connectivity index (χ3v) is 2.69. The zero-order valence-electron chi connectivity index (χ0n) is 8.84. The molecule has 0 aromatic carbocycles. The van der Waals surface area contributed by atoms with Crippen molar-refractivity contribution in [3.05, 3.63) is 0 Å². The van der Waals surface area contributed by atoms with Crippen LogP contribution in [0.1, 0.15) is 51.9 Å². The van der Waals surface area contributed by atoms with E-state index in [0.29, 0.717) is 18.8 Å². The molecule has 0 aromatic heterocycles. The van der Waals surface area contributed by atoms with Crippen molar-refractivity contribution < 1.29 is 9.59 Å². The summed E-state index contributed by atoms with van der Waals surface area (Å²) in [4.78, 5) is 22.1. The SMILES string of the molecule is CCCCCCC1CC(=O)NC(=O)C1. The van der Waals surface area contributed by atoms with Crippen LogP contribution in [0.4, 0.5) is 0 Å². The summed E-state index contributed by atoms with van der Waals surface area (Å²) >= 11 is 0. The van der Waals surface area contributed by atoms with Crippen molar-refractivity contribution in [1.29, 1.82) is 0 Å². The molecule has 1 fully saturated rings. The van der Waals surface area contributed by atoms with E-state index in [1.54, 1.807) is 0 Å². The van der Waals surface area contributed by atoms with Gasteiger partial charge in [-0.25, -0.2) is 0 Å². The Morgan fingerprint density at radius 1 is 1.14 bits per heavy atom.